The number of quaternary nitrogens is 2. The number of fused-ring (bicyclic) bond motifs is 2. The fraction of sp³-hybridized carbons (Fsp3) is 0.351. The highest BCUT2D eigenvalue weighted by molar-refractivity contribution is 5.94. The lowest BCUT2D eigenvalue weighted by atomic mass is 9.91. The highest BCUT2D eigenvalue weighted by Gasteiger charge is 2.39. The second-order valence-electron chi connectivity index (χ2n) is 12.7. The number of amidine groups is 1. The number of aliphatic carboxylic acids is 2. The molecule has 0 saturated heterocycles. The number of ether oxygens (including phenoxy) is 1. The smallest absolute Gasteiger partial charge is 0.430 e. The van der Waals surface area contributed by atoms with Crippen LogP contribution in [0.2, 0.25) is 0 Å². The van der Waals surface area contributed by atoms with Gasteiger partial charge >= 0.3 is 18.3 Å². The van der Waals surface area contributed by atoms with Crippen LogP contribution in [0.25, 0.3) is 0 Å². The van der Waals surface area contributed by atoms with E-state index in [4.69, 9.17) is 29.5 Å². The largest absolute Gasteiger partial charge is 0.542 e. The summed E-state index contributed by atoms with van der Waals surface area (Å²) in [5.41, 5.74) is 10.6. The number of nitrogens with zero attached hydrogens (tertiary/aromatic N) is 2. The number of nitrogens with one attached hydrogen (secondary N) is 2. The minimum absolute atomic E-state index is 0.0558. The summed E-state index contributed by atoms with van der Waals surface area (Å²) in [6, 6.07) is 17.4. The quantitative estimate of drug-likeness (QED) is 0.164. The molecule has 2 aliphatic heterocycles. The van der Waals surface area contributed by atoms with Gasteiger partial charge in [0.25, 0.3) is 5.91 Å². The van der Waals surface area contributed by atoms with Gasteiger partial charge in [0.15, 0.2) is 18.3 Å². The number of aryl methyl sites for hydroxylation is 2. The molecule has 3 aromatic rings. The molecule has 0 bridgehead atoms. The Morgan fingerprint density at radius 3 is 2.02 bits per heavy atom. The first-order valence-corrected chi connectivity index (χ1v) is 17.1. The van der Waals surface area contributed by atoms with Gasteiger partial charge in [0.1, 0.15) is 36.0 Å². The molecule has 5 rings (SSSR count). The molecule has 3 aromatic carbocycles. The van der Waals surface area contributed by atoms with Gasteiger partial charge in [-0.1, -0.05) is 36.4 Å². The lowest BCUT2D eigenvalue weighted by Gasteiger charge is -2.36. The van der Waals surface area contributed by atoms with Crippen molar-refractivity contribution < 1.29 is 81.0 Å². The molecule has 0 saturated carbocycles. The zero-order valence-electron chi connectivity index (χ0n) is 30.8. The van der Waals surface area contributed by atoms with E-state index in [-0.39, 0.29) is 43.2 Å². The van der Waals surface area contributed by atoms with Crippen molar-refractivity contribution in [3.05, 3.63) is 88.5 Å². The Labute approximate surface area is 321 Å². The number of para-hydroxylation sites is 2. The fourth-order valence-corrected chi connectivity index (χ4v) is 6.03. The average molecular weight is 812 g/mol. The maximum atomic E-state index is 13.9. The van der Waals surface area contributed by atoms with E-state index in [9.17, 15) is 45.8 Å². The average Bonchev–Trinajstić information content (AvgIpc) is 3.47. The van der Waals surface area contributed by atoms with Crippen LogP contribution in [0.4, 0.5) is 37.7 Å². The van der Waals surface area contributed by atoms with Crippen LogP contribution in [-0.4, -0.2) is 89.7 Å². The molecule has 2 aliphatic rings. The monoisotopic (exact) mass is 811 g/mol. The summed E-state index contributed by atoms with van der Waals surface area (Å²) in [5.74, 6) is -6.07. The van der Waals surface area contributed by atoms with Crippen LogP contribution in [0.1, 0.15) is 34.7 Å². The first-order valence-electron chi connectivity index (χ1n) is 17.1. The summed E-state index contributed by atoms with van der Waals surface area (Å²) in [6.07, 6.45) is -9.62. The van der Waals surface area contributed by atoms with Crippen molar-refractivity contribution in [3.8, 4) is 5.75 Å². The van der Waals surface area contributed by atoms with Gasteiger partial charge in [-0.15, -0.1) is 0 Å². The number of hydrogen-bond acceptors (Lipinski definition) is 10. The number of benzene rings is 3. The first kappa shape index (κ1) is 45.4. The number of carboxylic acids is 2. The summed E-state index contributed by atoms with van der Waals surface area (Å²) in [5, 5.41) is 30.5. The first-order chi connectivity index (χ1) is 26.5. The Hall–Kier alpha value is -6.02. The Balaban J connectivity index is 0.000000531. The van der Waals surface area contributed by atoms with Gasteiger partial charge in [-0.3, -0.25) is 9.59 Å². The number of aliphatic imine (C=N–C) groups is 1. The van der Waals surface area contributed by atoms with Crippen molar-refractivity contribution in [3.63, 3.8) is 0 Å². The molecule has 14 nitrogen and oxygen atoms in total. The van der Waals surface area contributed by atoms with Crippen molar-refractivity contribution in [2.24, 2.45) is 4.99 Å². The van der Waals surface area contributed by atoms with Crippen LogP contribution in [0.5, 0.6) is 5.75 Å². The molecule has 308 valence electrons. The minimum atomic E-state index is -5.19. The van der Waals surface area contributed by atoms with Gasteiger partial charge in [-0.05, 0) is 66.8 Å². The zero-order chi connectivity index (χ0) is 42.8. The van der Waals surface area contributed by atoms with Crippen LogP contribution < -0.4 is 26.2 Å². The lowest BCUT2D eigenvalue weighted by Crippen LogP contribution is -3.10. The van der Waals surface area contributed by atoms with Crippen molar-refractivity contribution in [2.75, 3.05) is 19.7 Å². The van der Waals surface area contributed by atoms with Gasteiger partial charge in [0.2, 0.25) is 11.7 Å². The van der Waals surface area contributed by atoms with Crippen LogP contribution in [0, 0.1) is 13.8 Å². The Morgan fingerprint density at radius 1 is 0.947 bits per heavy atom. The number of phenols is 1. The lowest BCUT2D eigenvalue weighted by molar-refractivity contribution is -0.720. The Kier molecular flexibility index (Phi) is 15.3. The van der Waals surface area contributed by atoms with E-state index in [1.54, 1.807) is 24.0 Å². The molecule has 0 spiro atoms. The SMILES string of the molecule is CCOC(=O)C[NH+]1C(CNC(=O)[C@@H]2Cc3ccccc3CN2C(=O)[C@@H]([NH3+])Cc2c(C)cc(O)cc2C)=Nc2ccccc21.O=C([O-])C(F)(F)F.O=C([O-])C(F)(F)F. The van der Waals surface area contributed by atoms with E-state index in [0.29, 0.717) is 25.2 Å². The maximum Gasteiger partial charge on any atom is 0.430 e. The molecular weight excluding hydrogens is 772 g/mol. The second kappa shape index (κ2) is 19.2. The second-order valence-corrected chi connectivity index (χ2v) is 12.7. The van der Waals surface area contributed by atoms with Crippen molar-refractivity contribution >= 4 is 46.9 Å². The predicted molar refractivity (Wildman–Crippen MR) is 183 cm³/mol. The molecule has 2 amide bonds. The Morgan fingerprint density at radius 2 is 1.47 bits per heavy atom. The number of carbonyl (C=O) groups is 5. The third-order valence-electron chi connectivity index (χ3n) is 8.67. The molecule has 2 heterocycles. The molecule has 20 heteroatoms. The zero-order valence-corrected chi connectivity index (χ0v) is 30.8. The van der Waals surface area contributed by atoms with E-state index in [1.165, 1.54) is 0 Å². The van der Waals surface area contributed by atoms with Gasteiger partial charge in [-0.25, -0.2) is 9.69 Å². The number of alkyl halides is 6. The summed E-state index contributed by atoms with van der Waals surface area (Å²) < 4.78 is 68.3. The van der Waals surface area contributed by atoms with Crippen LogP contribution >= 0.6 is 0 Å². The topological polar surface area (TPSA) is 221 Å². The summed E-state index contributed by atoms with van der Waals surface area (Å²) in [6.45, 7) is 6.33. The highest BCUT2D eigenvalue weighted by Crippen LogP contribution is 2.27. The molecule has 6 N–H and O–H groups in total. The number of hydrogen-bond donors (Lipinski definition) is 4. The molecule has 0 aliphatic carbocycles. The van der Waals surface area contributed by atoms with Gasteiger partial charge in [-0.2, -0.15) is 31.3 Å². The number of phenolic OH excluding ortho intramolecular Hbond substituents is 1. The molecule has 57 heavy (non-hydrogen) atoms. The molecular formula is C37H39F6N5O9. The summed E-state index contributed by atoms with van der Waals surface area (Å²) in [7, 11) is 0. The van der Waals surface area contributed by atoms with Crippen molar-refractivity contribution in [1.29, 1.82) is 0 Å². The van der Waals surface area contributed by atoms with Crippen LogP contribution in [0.3, 0.4) is 0 Å². The van der Waals surface area contributed by atoms with Crippen molar-refractivity contribution in [2.45, 2.75) is 64.6 Å². The number of esters is 1. The number of halogens is 6. The highest BCUT2D eigenvalue weighted by atomic mass is 19.4. The standard InChI is InChI=1S/C33H37N5O5.2C2HF3O2/c1-4-43-31(40)19-37-28-12-8-7-11-27(28)36-30(37)17-35-32(41)29-15-22-9-5-6-10-23(22)18-38(29)33(42)26(34)16-25-20(2)13-24(39)14-21(25)3;2*3-2(4,5)1(6)7/h5-14,26,29,39H,4,15-19,34H2,1-3H3,(H,35,41);2*(H,6,7)/t26-,29-;;/m0../s1. The fourth-order valence-electron chi connectivity index (χ4n) is 6.03. The summed E-state index contributed by atoms with van der Waals surface area (Å²) in [4.78, 5) is 64.7. The van der Waals surface area contributed by atoms with E-state index >= 15 is 0 Å². The number of aromatic hydroxyl groups is 1. The van der Waals surface area contributed by atoms with Crippen molar-refractivity contribution in [1.82, 2.24) is 10.2 Å². The third-order valence-corrected chi connectivity index (χ3v) is 8.67. The number of carboxylic acid groups (broad SMARTS) is 2. The number of amides is 2. The van der Waals surface area contributed by atoms with Gasteiger partial charge < -0.3 is 45.6 Å². The molecule has 3 atom stereocenters. The van der Waals surface area contributed by atoms with E-state index < -0.39 is 36.4 Å². The van der Waals surface area contributed by atoms with E-state index in [1.807, 2.05) is 62.4 Å². The molecule has 0 fully saturated rings. The molecule has 0 radical (unpaired) electrons. The van der Waals surface area contributed by atoms with Crippen LogP contribution in [-0.2, 0) is 48.1 Å². The number of rotatable bonds is 9. The molecule has 1 unspecified atom stereocenters. The van der Waals surface area contributed by atoms with E-state index in [2.05, 4.69) is 11.1 Å². The van der Waals surface area contributed by atoms with Crippen LogP contribution in [0.15, 0.2) is 65.7 Å². The maximum absolute atomic E-state index is 13.9. The third kappa shape index (κ3) is 12.5. The molecule has 0 aromatic heterocycles. The summed E-state index contributed by atoms with van der Waals surface area (Å²) >= 11 is 0. The Bertz CT molecular complexity index is 1960. The van der Waals surface area contributed by atoms with Gasteiger partial charge in [0.05, 0.1) is 6.61 Å². The predicted octanol–water partition coefficient (Wildman–Crippen LogP) is -0.348. The van der Waals surface area contributed by atoms with E-state index in [0.717, 1.165) is 44.1 Å². The normalized spacial score (nSPS) is 16.2. The number of carbonyl (C=O) groups excluding carboxylic acids is 5. The minimum Gasteiger partial charge on any atom is -0.542 e. The van der Waals surface area contributed by atoms with Gasteiger partial charge in [0, 0.05) is 25.5 Å².